The molecule has 2 fully saturated rings. The number of nitrogens with zero attached hydrogens (tertiary/aromatic N) is 5. The number of rotatable bonds is 7. The number of carbonyl (C=O) groups is 2. The number of aryl methyl sites for hydroxylation is 1. The number of carboxylic acid groups (broad SMARTS) is 1. The summed E-state index contributed by atoms with van der Waals surface area (Å²) in [6.07, 6.45) is 4.60. The summed E-state index contributed by atoms with van der Waals surface area (Å²) in [4.78, 5) is 41.1. The Morgan fingerprint density at radius 2 is 1.93 bits per heavy atom. The maximum atomic E-state index is 12.9. The Morgan fingerprint density at radius 1 is 1.05 bits per heavy atom. The lowest BCUT2D eigenvalue weighted by molar-refractivity contribution is -0.121. The van der Waals surface area contributed by atoms with E-state index < -0.39 is 6.09 Å². The quantitative estimate of drug-likeness (QED) is 0.289. The highest BCUT2D eigenvalue weighted by Crippen LogP contribution is 2.40. The number of carbonyl (C=O) groups excluding carboxylic acids is 1. The SMILES string of the molecule is Cc1ccc2c(N3CCC(CO)C3=O)cccc2c1Oc1ncccc1-c1ccnc(N[C@H]2CCCN(C(=O)O)C2)n1. The number of piperidine rings is 1. The lowest BCUT2D eigenvalue weighted by Crippen LogP contribution is -2.44. The molecule has 2 saturated heterocycles. The minimum atomic E-state index is -0.925. The van der Waals surface area contributed by atoms with Crippen molar-refractivity contribution in [1.82, 2.24) is 19.9 Å². The van der Waals surface area contributed by atoms with Gasteiger partial charge in [-0.15, -0.1) is 0 Å². The molecule has 2 aliphatic heterocycles. The van der Waals surface area contributed by atoms with Gasteiger partial charge in [0.2, 0.25) is 17.7 Å². The Labute approximate surface area is 242 Å². The summed E-state index contributed by atoms with van der Waals surface area (Å²) in [6.45, 7) is 3.26. The third-order valence-electron chi connectivity index (χ3n) is 7.94. The maximum absolute atomic E-state index is 12.9. The van der Waals surface area contributed by atoms with Gasteiger partial charge in [0.05, 0.1) is 29.5 Å². The predicted octanol–water partition coefficient (Wildman–Crippen LogP) is 4.69. The van der Waals surface area contributed by atoms with Gasteiger partial charge in [0, 0.05) is 48.8 Å². The van der Waals surface area contributed by atoms with Gasteiger partial charge in [-0.25, -0.2) is 19.7 Å². The van der Waals surface area contributed by atoms with Crippen LogP contribution < -0.4 is 15.0 Å². The first-order valence-electron chi connectivity index (χ1n) is 14.1. The van der Waals surface area contributed by atoms with Crippen LogP contribution in [0, 0.1) is 12.8 Å². The van der Waals surface area contributed by atoms with E-state index in [1.807, 2.05) is 49.4 Å². The average Bonchev–Trinajstić information content (AvgIpc) is 3.38. The number of likely N-dealkylation sites (tertiary alicyclic amines) is 1. The summed E-state index contributed by atoms with van der Waals surface area (Å²) in [5.74, 6) is 0.955. The second kappa shape index (κ2) is 11.6. The van der Waals surface area contributed by atoms with Gasteiger partial charge in [0.1, 0.15) is 5.75 Å². The van der Waals surface area contributed by atoms with E-state index >= 15 is 0 Å². The molecule has 2 aromatic heterocycles. The van der Waals surface area contributed by atoms with Crippen molar-refractivity contribution in [2.75, 3.05) is 36.5 Å². The molecular weight excluding hydrogens is 536 g/mol. The Balaban J connectivity index is 1.31. The number of pyridine rings is 1. The third-order valence-corrected chi connectivity index (χ3v) is 7.94. The van der Waals surface area contributed by atoms with E-state index in [0.717, 1.165) is 34.9 Å². The van der Waals surface area contributed by atoms with Gasteiger partial charge >= 0.3 is 6.09 Å². The van der Waals surface area contributed by atoms with Crippen molar-refractivity contribution in [3.05, 3.63) is 66.5 Å². The zero-order valence-electron chi connectivity index (χ0n) is 23.2. The van der Waals surface area contributed by atoms with E-state index in [2.05, 4.69) is 15.3 Å². The molecule has 2 atom stereocenters. The lowest BCUT2D eigenvalue weighted by atomic mass is 10.0. The zero-order valence-corrected chi connectivity index (χ0v) is 23.2. The van der Waals surface area contributed by atoms with Crippen LogP contribution in [0.4, 0.5) is 16.4 Å². The molecule has 6 rings (SSSR count). The van der Waals surface area contributed by atoms with Crippen LogP contribution in [-0.2, 0) is 4.79 Å². The number of aliphatic hydroxyl groups is 1. The van der Waals surface area contributed by atoms with Crippen LogP contribution in [0.1, 0.15) is 24.8 Å². The van der Waals surface area contributed by atoms with E-state index in [0.29, 0.717) is 54.9 Å². The number of aliphatic hydroxyl groups excluding tert-OH is 1. The van der Waals surface area contributed by atoms with E-state index in [9.17, 15) is 19.8 Å². The van der Waals surface area contributed by atoms with Gasteiger partial charge in [0.15, 0.2) is 0 Å². The Hall–Kier alpha value is -4.77. The van der Waals surface area contributed by atoms with Crippen molar-refractivity contribution >= 4 is 34.4 Å². The number of aromatic nitrogens is 3. The summed E-state index contributed by atoms with van der Waals surface area (Å²) >= 11 is 0. The molecule has 2 amide bonds. The van der Waals surface area contributed by atoms with Crippen LogP contribution in [0.5, 0.6) is 11.6 Å². The highest BCUT2D eigenvalue weighted by molar-refractivity contribution is 6.07. The molecule has 11 heteroatoms. The van der Waals surface area contributed by atoms with Crippen LogP contribution in [0.15, 0.2) is 60.9 Å². The number of hydrogen-bond donors (Lipinski definition) is 3. The van der Waals surface area contributed by atoms with Crippen LogP contribution in [0.3, 0.4) is 0 Å². The zero-order chi connectivity index (χ0) is 29.2. The highest BCUT2D eigenvalue weighted by atomic mass is 16.5. The first-order chi connectivity index (χ1) is 20.4. The van der Waals surface area contributed by atoms with Crippen molar-refractivity contribution in [3.8, 4) is 22.9 Å². The van der Waals surface area contributed by atoms with Crippen molar-refractivity contribution < 1.29 is 24.5 Å². The maximum Gasteiger partial charge on any atom is 0.407 e. The van der Waals surface area contributed by atoms with E-state index in [-0.39, 0.29) is 24.5 Å². The molecule has 0 radical (unpaired) electrons. The Bertz CT molecular complexity index is 1650. The first kappa shape index (κ1) is 27.4. The summed E-state index contributed by atoms with van der Waals surface area (Å²) in [6, 6.07) is 15.1. The second-order valence-corrected chi connectivity index (χ2v) is 10.7. The lowest BCUT2D eigenvalue weighted by Gasteiger charge is -2.31. The van der Waals surface area contributed by atoms with Crippen molar-refractivity contribution in [1.29, 1.82) is 0 Å². The second-order valence-electron chi connectivity index (χ2n) is 10.7. The molecule has 1 unspecified atom stereocenters. The number of amides is 2. The normalized spacial score (nSPS) is 18.9. The number of nitrogens with one attached hydrogen (secondary N) is 1. The number of benzene rings is 2. The highest BCUT2D eigenvalue weighted by Gasteiger charge is 2.33. The van der Waals surface area contributed by atoms with Gasteiger partial charge in [-0.3, -0.25) is 4.79 Å². The number of hydrogen-bond acceptors (Lipinski definition) is 8. The van der Waals surface area contributed by atoms with Gasteiger partial charge in [-0.05, 0) is 56.0 Å². The standard InChI is InChI=1S/C31H32N6O5/c1-19-9-10-22-23(6-2-8-26(22)37-16-12-20(18-38)29(37)39)27(19)42-28-24(7-3-13-32-28)25-11-14-33-30(35-25)34-21-5-4-15-36(17-21)31(40)41/h2-3,6-11,13-14,20-21,38H,4-5,12,15-18H2,1H3,(H,40,41)(H,33,34,35)/t20?,21-/m0/s1. The topological polar surface area (TPSA) is 141 Å². The summed E-state index contributed by atoms with van der Waals surface area (Å²) in [7, 11) is 0. The van der Waals surface area contributed by atoms with Crippen molar-refractivity contribution in [2.45, 2.75) is 32.2 Å². The molecule has 0 bridgehead atoms. The Kier molecular flexibility index (Phi) is 7.58. The van der Waals surface area contributed by atoms with Crippen molar-refractivity contribution in [3.63, 3.8) is 0 Å². The van der Waals surface area contributed by atoms with E-state index in [1.54, 1.807) is 23.4 Å². The van der Waals surface area contributed by atoms with Gasteiger partial charge in [0.25, 0.3) is 0 Å². The van der Waals surface area contributed by atoms with Crippen LogP contribution in [0.2, 0.25) is 0 Å². The smallest absolute Gasteiger partial charge is 0.407 e. The molecule has 2 aliphatic rings. The number of ether oxygens (including phenoxy) is 1. The Morgan fingerprint density at radius 3 is 2.74 bits per heavy atom. The molecule has 3 N–H and O–H groups in total. The molecule has 216 valence electrons. The molecule has 0 saturated carbocycles. The van der Waals surface area contributed by atoms with Gasteiger partial charge in [-0.1, -0.05) is 24.3 Å². The minimum absolute atomic E-state index is 0.0721. The molecular formula is C31H32N6O5. The summed E-state index contributed by atoms with van der Waals surface area (Å²) in [5.41, 5.74) is 2.97. The van der Waals surface area contributed by atoms with E-state index in [4.69, 9.17) is 9.72 Å². The molecule has 4 aromatic rings. The molecule has 42 heavy (non-hydrogen) atoms. The third kappa shape index (κ3) is 5.30. The predicted molar refractivity (Wildman–Crippen MR) is 158 cm³/mol. The molecule has 11 nitrogen and oxygen atoms in total. The van der Waals surface area contributed by atoms with Crippen LogP contribution in [-0.4, -0.2) is 74.3 Å². The van der Waals surface area contributed by atoms with Crippen LogP contribution in [0.25, 0.3) is 22.0 Å². The van der Waals surface area contributed by atoms with E-state index in [1.165, 1.54) is 4.90 Å². The molecule has 0 spiro atoms. The number of anilines is 2. The number of fused-ring (bicyclic) bond motifs is 1. The molecule has 2 aromatic carbocycles. The van der Waals surface area contributed by atoms with Crippen molar-refractivity contribution in [2.24, 2.45) is 5.92 Å². The van der Waals surface area contributed by atoms with Gasteiger partial charge in [-0.2, -0.15) is 0 Å². The molecule has 4 heterocycles. The van der Waals surface area contributed by atoms with Crippen LogP contribution >= 0.6 is 0 Å². The molecule has 0 aliphatic carbocycles. The fourth-order valence-electron chi connectivity index (χ4n) is 5.73. The summed E-state index contributed by atoms with van der Waals surface area (Å²) < 4.78 is 6.52. The summed E-state index contributed by atoms with van der Waals surface area (Å²) in [5, 5.41) is 24.0. The largest absolute Gasteiger partial charge is 0.465 e. The minimum Gasteiger partial charge on any atom is -0.465 e. The fourth-order valence-corrected chi connectivity index (χ4v) is 5.73. The fraction of sp³-hybridized carbons (Fsp3) is 0.323. The first-order valence-corrected chi connectivity index (χ1v) is 14.1. The average molecular weight is 569 g/mol. The van der Waals surface area contributed by atoms with Gasteiger partial charge < -0.3 is 30.1 Å². The monoisotopic (exact) mass is 568 g/mol.